The number of benzene rings is 3. The van der Waals surface area contributed by atoms with Crippen LogP contribution >= 0.6 is 0 Å². The number of nitrogens with zero attached hydrogens (tertiary/aromatic N) is 1. The van der Waals surface area contributed by atoms with Crippen LogP contribution in [0.15, 0.2) is 72.8 Å². The molecule has 0 radical (unpaired) electrons. The van der Waals surface area contributed by atoms with Crippen LogP contribution in [0, 0.1) is 12.8 Å². The number of rotatable bonds is 9. The number of hydrogen-bond donors (Lipinski definition) is 1. The van der Waals surface area contributed by atoms with Crippen molar-refractivity contribution in [2.45, 2.75) is 20.3 Å². The second-order valence-electron chi connectivity index (χ2n) is 8.77. The number of carbonyl (C=O) groups excluding carboxylic acids is 4. The SMILES string of the molecule is CCOC(=O)c1ccc(NC(=O)COC(=O)[C@H]2CC(=O)N(c3ccc(Oc4ccc(C)cc4)cc3)C2)cc1. The van der Waals surface area contributed by atoms with Crippen LogP contribution in [0.1, 0.15) is 29.3 Å². The molecule has 1 aliphatic rings. The molecule has 1 atom stereocenters. The van der Waals surface area contributed by atoms with Gasteiger partial charge in [0.25, 0.3) is 5.91 Å². The molecule has 2 amide bonds. The highest BCUT2D eigenvalue weighted by atomic mass is 16.5. The number of amides is 2. The van der Waals surface area contributed by atoms with Crippen LogP contribution in [-0.2, 0) is 23.9 Å². The lowest BCUT2D eigenvalue weighted by Gasteiger charge is -2.17. The fourth-order valence-electron chi connectivity index (χ4n) is 3.91. The third-order valence-corrected chi connectivity index (χ3v) is 5.89. The maximum Gasteiger partial charge on any atom is 0.338 e. The topological polar surface area (TPSA) is 111 Å². The predicted molar refractivity (Wildman–Crippen MR) is 140 cm³/mol. The minimum Gasteiger partial charge on any atom is -0.462 e. The molecule has 0 bridgehead atoms. The minimum absolute atomic E-state index is 0.00259. The Kier molecular flexibility index (Phi) is 8.37. The highest BCUT2D eigenvalue weighted by Gasteiger charge is 2.36. The smallest absolute Gasteiger partial charge is 0.338 e. The number of ether oxygens (including phenoxy) is 3. The molecule has 1 N–H and O–H groups in total. The highest BCUT2D eigenvalue weighted by Crippen LogP contribution is 2.29. The molecular weight excluding hydrogens is 488 g/mol. The van der Waals surface area contributed by atoms with Crippen molar-refractivity contribution in [1.29, 1.82) is 0 Å². The number of anilines is 2. The Bertz CT molecular complexity index is 1300. The lowest BCUT2D eigenvalue weighted by molar-refractivity contribution is -0.151. The van der Waals surface area contributed by atoms with Crippen LogP contribution in [0.3, 0.4) is 0 Å². The number of esters is 2. The van der Waals surface area contributed by atoms with Gasteiger partial charge in [0.1, 0.15) is 11.5 Å². The van der Waals surface area contributed by atoms with E-state index in [1.54, 1.807) is 43.3 Å². The average molecular weight is 517 g/mol. The van der Waals surface area contributed by atoms with Crippen LogP contribution in [0.4, 0.5) is 11.4 Å². The molecular formula is C29H28N2O7. The molecule has 3 aromatic rings. The van der Waals surface area contributed by atoms with E-state index in [0.29, 0.717) is 28.4 Å². The lowest BCUT2D eigenvalue weighted by atomic mass is 10.1. The van der Waals surface area contributed by atoms with Crippen LogP contribution in [0.5, 0.6) is 11.5 Å². The maximum absolute atomic E-state index is 12.6. The summed E-state index contributed by atoms with van der Waals surface area (Å²) >= 11 is 0. The van der Waals surface area contributed by atoms with Gasteiger partial charge in [-0.1, -0.05) is 17.7 Å². The molecule has 196 valence electrons. The summed E-state index contributed by atoms with van der Waals surface area (Å²) in [6, 6.07) is 20.9. The van der Waals surface area contributed by atoms with E-state index in [0.717, 1.165) is 5.56 Å². The second-order valence-corrected chi connectivity index (χ2v) is 8.77. The molecule has 0 unspecified atom stereocenters. The van der Waals surface area contributed by atoms with E-state index in [-0.39, 0.29) is 25.5 Å². The molecule has 4 rings (SSSR count). The zero-order chi connectivity index (χ0) is 27.1. The van der Waals surface area contributed by atoms with Gasteiger partial charge >= 0.3 is 11.9 Å². The molecule has 0 saturated carbocycles. The maximum atomic E-state index is 12.6. The summed E-state index contributed by atoms with van der Waals surface area (Å²) in [5.74, 6) is -1.15. The summed E-state index contributed by atoms with van der Waals surface area (Å²) in [7, 11) is 0. The van der Waals surface area contributed by atoms with Crippen molar-refractivity contribution in [1.82, 2.24) is 0 Å². The molecule has 9 nitrogen and oxygen atoms in total. The van der Waals surface area contributed by atoms with Crippen LogP contribution < -0.4 is 15.0 Å². The number of aryl methyl sites for hydroxylation is 1. The molecule has 0 aromatic heterocycles. The zero-order valence-electron chi connectivity index (χ0n) is 21.1. The normalized spacial score (nSPS) is 14.6. The van der Waals surface area contributed by atoms with Crippen LogP contribution in [0.2, 0.25) is 0 Å². The fourth-order valence-corrected chi connectivity index (χ4v) is 3.91. The first kappa shape index (κ1) is 26.4. The van der Waals surface area contributed by atoms with Crippen LogP contribution in [0.25, 0.3) is 0 Å². The third kappa shape index (κ3) is 6.76. The van der Waals surface area contributed by atoms with Gasteiger partial charge in [0.05, 0.1) is 18.1 Å². The van der Waals surface area contributed by atoms with E-state index in [9.17, 15) is 19.2 Å². The van der Waals surface area contributed by atoms with Crippen molar-refractivity contribution >= 4 is 35.1 Å². The molecule has 3 aromatic carbocycles. The van der Waals surface area contributed by atoms with Gasteiger partial charge in [-0.3, -0.25) is 14.4 Å². The number of hydrogen-bond acceptors (Lipinski definition) is 7. The van der Waals surface area contributed by atoms with Gasteiger partial charge < -0.3 is 24.4 Å². The predicted octanol–water partition coefficient (Wildman–Crippen LogP) is 4.50. The van der Waals surface area contributed by atoms with Crippen molar-refractivity contribution in [3.05, 3.63) is 83.9 Å². The van der Waals surface area contributed by atoms with E-state index in [2.05, 4.69) is 5.32 Å². The van der Waals surface area contributed by atoms with Gasteiger partial charge in [-0.2, -0.15) is 0 Å². The van der Waals surface area contributed by atoms with Gasteiger partial charge in [0.15, 0.2) is 6.61 Å². The van der Waals surface area contributed by atoms with Crippen molar-refractivity contribution in [3.8, 4) is 11.5 Å². The Morgan fingerprint density at radius 3 is 2.16 bits per heavy atom. The third-order valence-electron chi connectivity index (χ3n) is 5.89. The van der Waals surface area contributed by atoms with E-state index >= 15 is 0 Å². The molecule has 0 spiro atoms. The molecule has 1 heterocycles. The van der Waals surface area contributed by atoms with Crippen molar-refractivity contribution < 1.29 is 33.4 Å². The summed E-state index contributed by atoms with van der Waals surface area (Å²) in [5, 5.41) is 2.60. The Labute approximate surface area is 220 Å². The monoisotopic (exact) mass is 516 g/mol. The van der Waals surface area contributed by atoms with E-state index in [1.165, 1.54) is 17.0 Å². The minimum atomic E-state index is -0.678. The molecule has 38 heavy (non-hydrogen) atoms. The zero-order valence-corrected chi connectivity index (χ0v) is 21.1. The average Bonchev–Trinajstić information content (AvgIpc) is 3.31. The van der Waals surface area contributed by atoms with Crippen molar-refractivity contribution in [3.63, 3.8) is 0 Å². The molecule has 0 aliphatic carbocycles. The molecule has 1 fully saturated rings. The van der Waals surface area contributed by atoms with Crippen molar-refractivity contribution in [2.24, 2.45) is 5.92 Å². The molecule has 9 heteroatoms. The first-order chi connectivity index (χ1) is 18.3. The number of carbonyl (C=O) groups is 4. The largest absolute Gasteiger partial charge is 0.462 e. The highest BCUT2D eigenvalue weighted by molar-refractivity contribution is 6.00. The lowest BCUT2D eigenvalue weighted by Crippen LogP contribution is -2.28. The van der Waals surface area contributed by atoms with Gasteiger partial charge in [0.2, 0.25) is 5.91 Å². The number of nitrogens with one attached hydrogen (secondary N) is 1. The fraction of sp³-hybridized carbons (Fsp3) is 0.241. The van der Waals surface area contributed by atoms with Gasteiger partial charge in [-0.05, 0) is 74.5 Å². The van der Waals surface area contributed by atoms with E-state index in [4.69, 9.17) is 14.2 Å². The van der Waals surface area contributed by atoms with Gasteiger partial charge in [-0.15, -0.1) is 0 Å². The summed E-state index contributed by atoms with van der Waals surface area (Å²) in [4.78, 5) is 50.5. The van der Waals surface area contributed by atoms with E-state index < -0.39 is 30.4 Å². The summed E-state index contributed by atoms with van der Waals surface area (Å²) in [5.41, 5.74) is 2.58. The summed E-state index contributed by atoms with van der Waals surface area (Å²) in [6.07, 6.45) is -0.00259. The summed E-state index contributed by atoms with van der Waals surface area (Å²) in [6.45, 7) is 3.65. The van der Waals surface area contributed by atoms with Crippen molar-refractivity contribution in [2.75, 3.05) is 30.0 Å². The molecule has 1 saturated heterocycles. The second kappa shape index (κ2) is 12.1. The Balaban J connectivity index is 1.25. The Hall–Kier alpha value is -4.66. The van der Waals surface area contributed by atoms with E-state index in [1.807, 2.05) is 31.2 Å². The Morgan fingerprint density at radius 1 is 0.895 bits per heavy atom. The summed E-state index contributed by atoms with van der Waals surface area (Å²) < 4.78 is 15.9. The first-order valence-electron chi connectivity index (χ1n) is 12.2. The Morgan fingerprint density at radius 2 is 1.53 bits per heavy atom. The van der Waals surface area contributed by atoms with Gasteiger partial charge in [-0.25, -0.2) is 4.79 Å². The quantitative estimate of drug-likeness (QED) is 0.417. The van der Waals surface area contributed by atoms with Crippen LogP contribution in [-0.4, -0.2) is 43.5 Å². The standard InChI is InChI=1S/C29H28N2O7/c1-3-36-28(34)20-6-8-22(9-7-20)30-26(32)18-37-29(35)21-16-27(33)31(17-21)23-10-14-25(15-11-23)38-24-12-4-19(2)5-13-24/h4-15,21H,3,16-18H2,1-2H3,(H,30,32)/t21-/m0/s1. The molecule has 1 aliphatic heterocycles. The first-order valence-corrected chi connectivity index (χ1v) is 12.2. The van der Waals surface area contributed by atoms with Gasteiger partial charge in [0, 0.05) is 24.3 Å².